The number of anilines is 1. The van der Waals surface area contributed by atoms with Crippen LogP contribution in [0.15, 0.2) is 48.5 Å². The van der Waals surface area contributed by atoms with Crippen LogP contribution in [-0.2, 0) is 16.0 Å². The first-order valence-corrected chi connectivity index (χ1v) is 9.15. The molecule has 0 bridgehead atoms. The standard InChI is InChI=1S/C22H28N2O3/c1-16(2)18-11-8-17(9-12-18)10-13-22(26)24(3)15-21(25)23-19-6-5-7-20(14-19)27-4/h5-9,11-12,14,16H,10,13,15H2,1-4H3,(H,23,25). The zero-order valence-electron chi connectivity index (χ0n) is 16.5. The molecular weight excluding hydrogens is 340 g/mol. The summed E-state index contributed by atoms with van der Waals surface area (Å²) in [6, 6.07) is 15.5. The Morgan fingerprint density at radius 2 is 1.81 bits per heavy atom. The van der Waals surface area contributed by atoms with Gasteiger partial charge in [-0.1, -0.05) is 44.2 Å². The second-order valence-corrected chi connectivity index (χ2v) is 6.93. The van der Waals surface area contributed by atoms with Gasteiger partial charge in [0.1, 0.15) is 5.75 Å². The first-order valence-electron chi connectivity index (χ1n) is 9.15. The van der Waals surface area contributed by atoms with Gasteiger partial charge in [-0.15, -0.1) is 0 Å². The van der Waals surface area contributed by atoms with Crippen molar-refractivity contribution in [3.8, 4) is 5.75 Å². The van der Waals surface area contributed by atoms with Gasteiger partial charge in [0.05, 0.1) is 13.7 Å². The van der Waals surface area contributed by atoms with Crippen LogP contribution in [0, 0.1) is 0 Å². The largest absolute Gasteiger partial charge is 0.497 e. The van der Waals surface area contributed by atoms with Gasteiger partial charge < -0.3 is 15.0 Å². The maximum atomic E-state index is 12.3. The predicted molar refractivity (Wildman–Crippen MR) is 108 cm³/mol. The van der Waals surface area contributed by atoms with Gasteiger partial charge in [0.25, 0.3) is 0 Å². The van der Waals surface area contributed by atoms with E-state index >= 15 is 0 Å². The molecule has 0 heterocycles. The number of carbonyl (C=O) groups excluding carboxylic acids is 2. The van der Waals surface area contributed by atoms with Gasteiger partial charge in [-0.05, 0) is 35.6 Å². The van der Waals surface area contributed by atoms with E-state index in [1.54, 1.807) is 38.4 Å². The van der Waals surface area contributed by atoms with E-state index in [1.807, 2.05) is 0 Å². The second-order valence-electron chi connectivity index (χ2n) is 6.93. The lowest BCUT2D eigenvalue weighted by molar-refractivity contribution is -0.133. The molecule has 2 amide bonds. The molecule has 0 radical (unpaired) electrons. The summed E-state index contributed by atoms with van der Waals surface area (Å²) in [5.41, 5.74) is 3.06. The lowest BCUT2D eigenvalue weighted by Crippen LogP contribution is -2.35. The summed E-state index contributed by atoms with van der Waals surface area (Å²) in [4.78, 5) is 25.9. The number of methoxy groups -OCH3 is 1. The maximum absolute atomic E-state index is 12.3. The quantitative estimate of drug-likeness (QED) is 0.770. The number of carbonyl (C=O) groups is 2. The fourth-order valence-corrected chi connectivity index (χ4v) is 2.72. The van der Waals surface area contributed by atoms with E-state index in [9.17, 15) is 9.59 Å². The Balaban J connectivity index is 1.81. The molecule has 2 aromatic carbocycles. The zero-order chi connectivity index (χ0) is 19.8. The maximum Gasteiger partial charge on any atom is 0.243 e. The summed E-state index contributed by atoms with van der Waals surface area (Å²) in [7, 11) is 3.22. The van der Waals surface area contributed by atoms with E-state index in [0.717, 1.165) is 5.56 Å². The third-order valence-electron chi connectivity index (χ3n) is 4.43. The normalized spacial score (nSPS) is 10.6. The van der Waals surface area contributed by atoms with Crippen LogP contribution in [0.4, 0.5) is 5.69 Å². The number of amides is 2. The van der Waals surface area contributed by atoms with E-state index in [4.69, 9.17) is 4.74 Å². The Morgan fingerprint density at radius 1 is 1.11 bits per heavy atom. The predicted octanol–water partition coefficient (Wildman–Crippen LogP) is 3.85. The SMILES string of the molecule is COc1cccc(NC(=O)CN(C)C(=O)CCc2ccc(C(C)C)cc2)c1. The molecule has 0 spiro atoms. The number of benzene rings is 2. The molecule has 5 heteroatoms. The minimum atomic E-state index is -0.236. The highest BCUT2D eigenvalue weighted by atomic mass is 16.5. The summed E-state index contributed by atoms with van der Waals surface area (Å²) >= 11 is 0. The van der Waals surface area contributed by atoms with Crippen molar-refractivity contribution in [3.05, 3.63) is 59.7 Å². The number of hydrogen-bond acceptors (Lipinski definition) is 3. The lowest BCUT2D eigenvalue weighted by atomic mass is 10.0. The summed E-state index contributed by atoms with van der Waals surface area (Å²) in [5.74, 6) is 0.875. The minimum Gasteiger partial charge on any atom is -0.497 e. The van der Waals surface area contributed by atoms with Crippen LogP contribution in [0.5, 0.6) is 5.75 Å². The van der Waals surface area contributed by atoms with Crippen molar-refractivity contribution in [2.45, 2.75) is 32.6 Å². The van der Waals surface area contributed by atoms with Crippen molar-refractivity contribution in [1.82, 2.24) is 4.90 Å². The Morgan fingerprint density at radius 3 is 2.44 bits per heavy atom. The minimum absolute atomic E-state index is 0.0162. The number of rotatable bonds is 8. The number of nitrogens with zero attached hydrogens (tertiary/aromatic N) is 1. The highest BCUT2D eigenvalue weighted by Crippen LogP contribution is 2.17. The highest BCUT2D eigenvalue weighted by Gasteiger charge is 2.13. The fourth-order valence-electron chi connectivity index (χ4n) is 2.72. The molecule has 0 fully saturated rings. The van der Waals surface area contributed by atoms with Crippen LogP contribution in [0.3, 0.4) is 0 Å². The Labute approximate surface area is 161 Å². The Hall–Kier alpha value is -2.82. The van der Waals surface area contributed by atoms with Gasteiger partial charge in [0.15, 0.2) is 0 Å². The summed E-state index contributed by atoms with van der Waals surface area (Å²) in [6.07, 6.45) is 1.04. The van der Waals surface area contributed by atoms with Gasteiger partial charge in [-0.2, -0.15) is 0 Å². The monoisotopic (exact) mass is 368 g/mol. The fraction of sp³-hybridized carbons (Fsp3) is 0.364. The van der Waals surface area contributed by atoms with Gasteiger partial charge in [-0.25, -0.2) is 0 Å². The topological polar surface area (TPSA) is 58.6 Å². The number of likely N-dealkylation sites (N-methyl/N-ethyl adjacent to an activating group) is 1. The average Bonchev–Trinajstić information content (AvgIpc) is 2.66. The van der Waals surface area contributed by atoms with E-state index in [0.29, 0.717) is 30.2 Å². The molecule has 27 heavy (non-hydrogen) atoms. The third-order valence-corrected chi connectivity index (χ3v) is 4.43. The number of hydrogen-bond donors (Lipinski definition) is 1. The van der Waals surface area contributed by atoms with Gasteiger partial charge in [0, 0.05) is 25.2 Å². The smallest absolute Gasteiger partial charge is 0.243 e. The van der Waals surface area contributed by atoms with E-state index in [-0.39, 0.29) is 18.4 Å². The average molecular weight is 368 g/mol. The number of aryl methyl sites for hydroxylation is 1. The van der Waals surface area contributed by atoms with Gasteiger partial charge >= 0.3 is 0 Å². The molecule has 5 nitrogen and oxygen atoms in total. The molecule has 2 rings (SSSR count). The van der Waals surface area contributed by atoms with Gasteiger partial charge in [-0.3, -0.25) is 9.59 Å². The Kier molecular flexibility index (Phi) is 7.41. The van der Waals surface area contributed by atoms with Crippen molar-refractivity contribution < 1.29 is 14.3 Å². The molecule has 0 saturated heterocycles. The molecule has 144 valence electrons. The first-order chi connectivity index (χ1) is 12.9. The van der Waals surface area contributed by atoms with Crippen molar-refractivity contribution in [2.24, 2.45) is 0 Å². The number of ether oxygens (including phenoxy) is 1. The lowest BCUT2D eigenvalue weighted by Gasteiger charge is -2.17. The van der Waals surface area contributed by atoms with Crippen LogP contribution in [-0.4, -0.2) is 37.4 Å². The highest BCUT2D eigenvalue weighted by molar-refractivity contribution is 5.94. The van der Waals surface area contributed by atoms with Crippen LogP contribution >= 0.6 is 0 Å². The molecule has 2 aromatic rings. The van der Waals surface area contributed by atoms with Crippen molar-refractivity contribution in [3.63, 3.8) is 0 Å². The van der Waals surface area contributed by atoms with Crippen molar-refractivity contribution in [2.75, 3.05) is 26.0 Å². The van der Waals surface area contributed by atoms with Crippen LogP contribution in [0.2, 0.25) is 0 Å². The molecule has 0 unspecified atom stereocenters. The number of nitrogens with one attached hydrogen (secondary N) is 1. The van der Waals surface area contributed by atoms with Crippen LogP contribution < -0.4 is 10.1 Å². The van der Waals surface area contributed by atoms with Crippen molar-refractivity contribution >= 4 is 17.5 Å². The molecule has 0 saturated carbocycles. The second kappa shape index (κ2) is 9.76. The summed E-state index contributed by atoms with van der Waals surface area (Å²) in [6.45, 7) is 4.33. The van der Waals surface area contributed by atoms with Crippen LogP contribution in [0.25, 0.3) is 0 Å². The molecule has 0 aliphatic rings. The molecular formula is C22H28N2O3. The molecule has 0 aliphatic heterocycles. The molecule has 0 atom stereocenters. The van der Waals surface area contributed by atoms with Crippen LogP contribution in [0.1, 0.15) is 37.3 Å². The van der Waals surface area contributed by atoms with E-state index in [2.05, 4.69) is 43.4 Å². The van der Waals surface area contributed by atoms with E-state index in [1.165, 1.54) is 10.5 Å². The molecule has 1 N–H and O–H groups in total. The first kappa shape index (κ1) is 20.5. The molecule has 0 aromatic heterocycles. The summed E-state index contributed by atoms with van der Waals surface area (Å²) < 4.78 is 5.13. The van der Waals surface area contributed by atoms with Gasteiger partial charge in [0.2, 0.25) is 11.8 Å². The third kappa shape index (κ3) is 6.44. The van der Waals surface area contributed by atoms with Crippen molar-refractivity contribution in [1.29, 1.82) is 0 Å². The molecule has 0 aliphatic carbocycles. The zero-order valence-corrected chi connectivity index (χ0v) is 16.5. The van der Waals surface area contributed by atoms with E-state index < -0.39 is 0 Å². The summed E-state index contributed by atoms with van der Waals surface area (Å²) in [5, 5.41) is 2.78. The Bertz CT molecular complexity index is 769.